The van der Waals surface area contributed by atoms with E-state index < -0.39 is 7.67 Å². The Hall–Kier alpha value is 0.110. The van der Waals surface area contributed by atoms with E-state index in [1.165, 1.54) is 0 Å². The number of nitrogens with zero attached hydrogens (tertiary/aromatic N) is 2. The summed E-state index contributed by atoms with van der Waals surface area (Å²) >= 11 is 0. The highest BCUT2D eigenvalue weighted by atomic mass is 31.2. The van der Waals surface area contributed by atoms with E-state index in [1.54, 1.807) is 4.67 Å². The third kappa shape index (κ3) is 2.13. The van der Waals surface area contributed by atoms with Crippen LogP contribution in [0.5, 0.6) is 0 Å². The molecule has 0 aromatic carbocycles. The van der Waals surface area contributed by atoms with Gasteiger partial charge in [-0.2, -0.15) is 0 Å². The van der Waals surface area contributed by atoms with Crippen LogP contribution in [0.15, 0.2) is 0 Å². The summed E-state index contributed by atoms with van der Waals surface area (Å²) in [7, 11) is 0.929. The third-order valence-corrected chi connectivity index (χ3v) is 5.06. The highest BCUT2D eigenvalue weighted by Crippen LogP contribution is 2.55. The van der Waals surface area contributed by atoms with Crippen molar-refractivity contribution in [3.05, 3.63) is 0 Å². The summed E-state index contributed by atoms with van der Waals surface area (Å²) in [6.45, 7) is 5.57. The fourth-order valence-corrected chi connectivity index (χ4v) is 3.69. The van der Waals surface area contributed by atoms with Crippen molar-refractivity contribution in [2.24, 2.45) is 0 Å². The van der Waals surface area contributed by atoms with Crippen molar-refractivity contribution in [2.45, 2.75) is 26.3 Å². The zero-order valence-electron chi connectivity index (χ0n) is 8.86. The molecule has 1 atom stereocenters. The van der Waals surface area contributed by atoms with Crippen LogP contribution >= 0.6 is 7.67 Å². The van der Waals surface area contributed by atoms with Gasteiger partial charge in [-0.05, 0) is 34.4 Å². The minimum Gasteiger partial charge on any atom is -0.306 e. The largest absolute Gasteiger partial charge is 0.345 e. The van der Waals surface area contributed by atoms with E-state index in [2.05, 4.69) is 0 Å². The molecule has 0 N–H and O–H groups in total. The van der Waals surface area contributed by atoms with Crippen LogP contribution in [0.1, 0.15) is 20.3 Å². The molecule has 1 saturated heterocycles. The van der Waals surface area contributed by atoms with Gasteiger partial charge in [0.2, 0.25) is 0 Å². The lowest BCUT2D eigenvalue weighted by atomic mass is 10.3. The third-order valence-electron chi connectivity index (χ3n) is 2.22. The Balaban J connectivity index is 2.84. The smallest absolute Gasteiger partial charge is 0.306 e. The number of hydrogen-bond donors (Lipinski definition) is 0. The van der Waals surface area contributed by atoms with Crippen LogP contribution in [0.4, 0.5) is 0 Å². The van der Waals surface area contributed by atoms with Crippen molar-refractivity contribution < 1.29 is 9.09 Å². The van der Waals surface area contributed by atoms with Gasteiger partial charge in [0, 0.05) is 12.6 Å². The highest BCUT2D eigenvalue weighted by Gasteiger charge is 2.38. The van der Waals surface area contributed by atoms with E-state index in [0.29, 0.717) is 6.61 Å². The second kappa shape index (κ2) is 4.09. The fourth-order valence-electron chi connectivity index (χ4n) is 1.51. The van der Waals surface area contributed by atoms with Gasteiger partial charge in [0.25, 0.3) is 0 Å². The molecule has 0 bridgehead atoms. The van der Waals surface area contributed by atoms with E-state index in [4.69, 9.17) is 4.52 Å². The van der Waals surface area contributed by atoms with Gasteiger partial charge in [-0.3, -0.25) is 4.57 Å². The summed E-state index contributed by atoms with van der Waals surface area (Å²) in [6.07, 6.45) is 0.968. The van der Waals surface area contributed by atoms with Crippen molar-refractivity contribution in [3.63, 3.8) is 0 Å². The molecule has 4 nitrogen and oxygen atoms in total. The average Bonchev–Trinajstić information content (AvgIpc) is 2.04. The molecule has 78 valence electrons. The van der Waals surface area contributed by atoms with E-state index in [0.717, 1.165) is 13.0 Å². The topological polar surface area (TPSA) is 32.8 Å². The molecule has 1 fully saturated rings. The van der Waals surface area contributed by atoms with Crippen molar-refractivity contribution in [1.29, 1.82) is 0 Å². The van der Waals surface area contributed by atoms with Crippen LogP contribution in [0.25, 0.3) is 0 Å². The van der Waals surface area contributed by atoms with Crippen LogP contribution in [-0.4, -0.2) is 42.6 Å². The van der Waals surface area contributed by atoms with E-state index in [-0.39, 0.29) is 6.04 Å². The van der Waals surface area contributed by atoms with Crippen LogP contribution in [0.2, 0.25) is 0 Å². The predicted molar refractivity (Wildman–Crippen MR) is 53.7 cm³/mol. The van der Waals surface area contributed by atoms with Crippen molar-refractivity contribution in [3.8, 4) is 0 Å². The number of rotatable bonds is 2. The van der Waals surface area contributed by atoms with Crippen LogP contribution < -0.4 is 0 Å². The fraction of sp³-hybridized carbons (Fsp3) is 1.00. The predicted octanol–water partition coefficient (Wildman–Crippen LogP) is 1.79. The van der Waals surface area contributed by atoms with Gasteiger partial charge >= 0.3 is 7.67 Å². The van der Waals surface area contributed by atoms with Crippen molar-refractivity contribution >= 4 is 7.67 Å². The second-order valence-electron chi connectivity index (χ2n) is 3.78. The molecule has 1 aliphatic heterocycles. The molecule has 0 saturated carbocycles. The molecule has 0 aromatic rings. The Bertz CT molecular complexity index is 218. The normalized spacial score (nSPS) is 31.5. The first-order chi connectivity index (χ1) is 5.98. The minimum atomic E-state index is -2.68. The maximum Gasteiger partial charge on any atom is 0.345 e. The van der Waals surface area contributed by atoms with Crippen molar-refractivity contribution in [2.75, 3.05) is 27.2 Å². The second-order valence-corrected chi connectivity index (χ2v) is 6.33. The van der Waals surface area contributed by atoms with Crippen LogP contribution in [0.3, 0.4) is 0 Å². The van der Waals surface area contributed by atoms with Gasteiger partial charge in [0.15, 0.2) is 0 Å². The van der Waals surface area contributed by atoms with E-state index in [1.807, 2.05) is 32.6 Å². The van der Waals surface area contributed by atoms with Gasteiger partial charge in [0.05, 0.1) is 6.61 Å². The van der Waals surface area contributed by atoms with E-state index in [9.17, 15) is 4.57 Å². The Kier molecular flexibility index (Phi) is 3.52. The number of hydrogen-bond acceptors (Lipinski definition) is 2. The molecule has 0 amide bonds. The van der Waals surface area contributed by atoms with E-state index >= 15 is 0 Å². The summed E-state index contributed by atoms with van der Waals surface area (Å²) in [5.41, 5.74) is 0. The molecule has 0 radical (unpaired) electrons. The Morgan fingerprint density at radius 2 is 2.08 bits per heavy atom. The first kappa shape index (κ1) is 11.2. The van der Waals surface area contributed by atoms with Gasteiger partial charge in [-0.1, -0.05) is 0 Å². The average molecular weight is 206 g/mol. The summed E-state index contributed by atoms with van der Waals surface area (Å²) < 4.78 is 21.4. The SMILES string of the molecule is CC(C)N1CCCOP1(=O)N(C)C. The van der Waals surface area contributed by atoms with Gasteiger partial charge in [0.1, 0.15) is 0 Å². The zero-order chi connectivity index (χ0) is 10.1. The lowest BCUT2D eigenvalue weighted by molar-refractivity contribution is 0.161. The minimum absolute atomic E-state index is 0.272. The molecule has 0 spiro atoms. The Morgan fingerprint density at radius 1 is 1.46 bits per heavy atom. The molecule has 1 unspecified atom stereocenters. The summed E-state index contributed by atoms with van der Waals surface area (Å²) in [4.78, 5) is 0. The molecular weight excluding hydrogens is 187 g/mol. The summed E-state index contributed by atoms with van der Waals surface area (Å²) in [5.74, 6) is 0. The monoisotopic (exact) mass is 206 g/mol. The Morgan fingerprint density at radius 3 is 2.46 bits per heavy atom. The van der Waals surface area contributed by atoms with Crippen LogP contribution in [0, 0.1) is 0 Å². The summed E-state index contributed by atoms with van der Waals surface area (Å²) in [6, 6.07) is 0.272. The Labute approximate surface area is 80.4 Å². The maximum atomic E-state index is 12.3. The van der Waals surface area contributed by atoms with Crippen LogP contribution in [-0.2, 0) is 9.09 Å². The molecule has 0 aliphatic carbocycles. The highest BCUT2D eigenvalue weighted by molar-refractivity contribution is 7.54. The molecular formula is C8H19N2O2P. The molecule has 1 aliphatic rings. The zero-order valence-corrected chi connectivity index (χ0v) is 9.75. The summed E-state index contributed by atoms with van der Waals surface area (Å²) in [5, 5.41) is 0. The lowest BCUT2D eigenvalue weighted by Crippen LogP contribution is -2.38. The van der Waals surface area contributed by atoms with Gasteiger partial charge in [-0.25, -0.2) is 9.34 Å². The van der Waals surface area contributed by atoms with Gasteiger partial charge < -0.3 is 4.52 Å². The van der Waals surface area contributed by atoms with Crippen molar-refractivity contribution in [1.82, 2.24) is 9.34 Å². The lowest BCUT2D eigenvalue weighted by Gasteiger charge is -2.40. The quantitative estimate of drug-likeness (QED) is 0.645. The molecule has 13 heavy (non-hydrogen) atoms. The standard InChI is InChI=1S/C8H19N2O2P/c1-8(2)10-6-5-7-12-13(10,11)9(3)4/h8H,5-7H2,1-4H3. The molecule has 1 heterocycles. The first-order valence-corrected chi connectivity index (χ1v) is 6.21. The molecule has 5 heteroatoms. The van der Waals surface area contributed by atoms with Gasteiger partial charge in [-0.15, -0.1) is 0 Å². The molecule has 1 rings (SSSR count). The first-order valence-electron chi connectivity index (χ1n) is 4.68. The maximum absolute atomic E-state index is 12.3. The molecule has 0 aromatic heterocycles.